The second-order valence-electron chi connectivity index (χ2n) is 14.2. The summed E-state index contributed by atoms with van der Waals surface area (Å²) < 4.78 is 13.2. The normalized spacial score (nSPS) is 31.0. The average Bonchev–Trinajstić information content (AvgIpc) is 3.06. The monoisotopic (exact) mass is 656 g/mol. The van der Waals surface area contributed by atoms with Crippen LogP contribution in [-0.4, -0.2) is 39.6 Å². The van der Waals surface area contributed by atoms with Crippen LogP contribution in [0.4, 0.5) is 4.79 Å². The smallest absolute Gasteiger partial charge is 0.336 e. The summed E-state index contributed by atoms with van der Waals surface area (Å²) in [4.78, 5) is 25.5. The first-order chi connectivity index (χ1) is 22.8. The summed E-state index contributed by atoms with van der Waals surface area (Å²) in [5, 5.41) is 25.7. The number of carboxylic acids is 1. The highest BCUT2D eigenvalue weighted by molar-refractivity contribution is 7.99. The summed E-state index contributed by atoms with van der Waals surface area (Å²) in [7, 11) is 0. The van der Waals surface area contributed by atoms with Gasteiger partial charge in [0.1, 0.15) is 0 Å². The first-order valence-electron chi connectivity index (χ1n) is 16.9. The molecule has 4 saturated carbocycles. The van der Waals surface area contributed by atoms with Crippen LogP contribution in [0, 0.1) is 23.7 Å². The molecule has 248 valence electrons. The molecule has 0 unspecified atom stereocenters. The first kappa shape index (κ1) is 32.2. The van der Waals surface area contributed by atoms with Gasteiger partial charge in [0.05, 0.1) is 24.4 Å². The Bertz CT molecular complexity index is 1540. The van der Waals surface area contributed by atoms with Gasteiger partial charge in [0.2, 0.25) is 0 Å². The number of benzene rings is 3. The van der Waals surface area contributed by atoms with E-state index in [1.807, 2.05) is 60.7 Å². The maximum Gasteiger partial charge on any atom is 0.336 e. The van der Waals surface area contributed by atoms with Gasteiger partial charge in [0.25, 0.3) is 0 Å². The minimum absolute atomic E-state index is 0.0189. The zero-order valence-electron chi connectivity index (χ0n) is 26.8. The van der Waals surface area contributed by atoms with E-state index < -0.39 is 12.3 Å². The van der Waals surface area contributed by atoms with Crippen molar-refractivity contribution >= 4 is 23.8 Å². The molecule has 3 aromatic rings. The largest absolute Gasteiger partial charge is 0.478 e. The van der Waals surface area contributed by atoms with Crippen molar-refractivity contribution in [3.05, 3.63) is 101 Å². The molecule has 3 aromatic carbocycles. The van der Waals surface area contributed by atoms with E-state index in [0.29, 0.717) is 17.2 Å². The summed E-state index contributed by atoms with van der Waals surface area (Å²) in [6.07, 6.45) is 6.29. The van der Waals surface area contributed by atoms with Gasteiger partial charge in [0, 0.05) is 34.2 Å². The Kier molecular flexibility index (Phi) is 9.33. The quantitative estimate of drug-likeness (QED) is 0.170. The van der Waals surface area contributed by atoms with Crippen molar-refractivity contribution in [2.24, 2.45) is 23.7 Å². The lowest BCUT2D eigenvalue weighted by atomic mass is 9.53. The van der Waals surface area contributed by atoms with Gasteiger partial charge in [-0.15, -0.1) is 11.8 Å². The summed E-state index contributed by atoms with van der Waals surface area (Å²) in [5.41, 5.74) is 3.95. The second-order valence-corrected chi connectivity index (χ2v) is 15.2. The molecule has 8 nitrogen and oxygen atoms in total. The third kappa shape index (κ3) is 7.09. The number of aliphatic hydroxyl groups excluding tert-OH is 1. The molecule has 5 fully saturated rings. The third-order valence-electron chi connectivity index (χ3n) is 10.8. The molecule has 0 spiro atoms. The molecule has 2 amide bonds. The topological polar surface area (TPSA) is 117 Å². The van der Waals surface area contributed by atoms with Gasteiger partial charge >= 0.3 is 12.0 Å². The van der Waals surface area contributed by atoms with Gasteiger partial charge in [0.15, 0.2) is 6.29 Å². The molecule has 4 aliphatic carbocycles. The first-order valence-corrected chi connectivity index (χ1v) is 17.9. The van der Waals surface area contributed by atoms with E-state index in [0.717, 1.165) is 59.3 Å². The van der Waals surface area contributed by atoms with Crippen LogP contribution in [-0.2, 0) is 22.6 Å². The molecule has 1 aliphatic heterocycles. The van der Waals surface area contributed by atoms with Gasteiger partial charge in [-0.25, -0.2) is 9.59 Å². The number of hydrogen-bond donors (Lipinski definition) is 4. The summed E-state index contributed by atoms with van der Waals surface area (Å²) >= 11 is 1.48. The molecule has 5 aliphatic rings. The van der Waals surface area contributed by atoms with Crippen molar-refractivity contribution in [2.75, 3.05) is 5.75 Å². The number of amides is 2. The van der Waals surface area contributed by atoms with E-state index in [1.165, 1.54) is 31.0 Å². The van der Waals surface area contributed by atoms with Gasteiger partial charge in [-0.05, 0) is 85.1 Å². The molecule has 0 aromatic heterocycles. The van der Waals surface area contributed by atoms with Crippen molar-refractivity contribution in [3.8, 4) is 0 Å². The maximum atomic E-state index is 13.0. The van der Waals surface area contributed by atoms with E-state index in [9.17, 15) is 19.8 Å². The fourth-order valence-electron chi connectivity index (χ4n) is 8.77. The van der Waals surface area contributed by atoms with Gasteiger partial charge < -0.3 is 30.3 Å². The molecule has 1 saturated heterocycles. The summed E-state index contributed by atoms with van der Waals surface area (Å²) in [5.74, 6) is 1.91. The molecule has 1 heterocycles. The molecule has 8 rings (SSSR count). The fraction of sp³-hybridized carbons (Fsp3) is 0.474. The number of hydrogen-bond acceptors (Lipinski definition) is 6. The Hall–Kier alpha value is -3.37. The number of aliphatic hydroxyl groups is 1. The van der Waals surface area contributed by atoms with Crippen LogP contribution in [0.5, 0.6) is 0 Å². The van der Waals surface area contributed by atoms with E-state index in [4.69, 9.17) is 9.47 Å². The minimum atomic E-state index is -0.950. The Labute approximate surface area is 280 Å². The maximum absolute atomic E-state index is 13.0. The SMILES string of the molecule is C[C@H]1[C@@H](CSc2ccccc2C(=O)O)O[C@@H](c2ccc(CNC(=O)NC34CC5CC(CC(C5)C3)C4)cc2)O[C@H]1c1ccc(CO)cc1. The van der Waals surface area contributed by atoms with Crippen molar-refractivity contribution in [1.82, 2.24) is 10.6 Å². The highest BCUT2D eigenvalue weighted by atomic mass is 32.2. The molecule has 4 atom stereocenters. The highest BCUT2D eigenvalue weighted by Crippen LogP contribution is 2.55. The lowest BCUT2D eigenvalue weighted by molar-refractivity contribution is -0.268. The number of rotatable bonds is 10. The van der Waals surface area contributed by atoms with Crippen molar-refractivity contribution in [3.63, 3.8) is 0 Å². The second kappa shape index (κ2) is 13.6. The van der Waals surface area contributed by atoms with Crippen LogP contribution in [0.1, 0.15) is 90.5 Å². The lowest BCUT2D eigenvalue weighted by Crippen LogP contribution is -2.61. The van der Waals surface area contributed by atoms with E-state index in [2.05, 4.69) is 17.6 Å². The predicted octanol–water partition coefficient (Wildman–Crippen LogP) is 7.23. The summed E-state index contributed by atoms with van der Waals surface area (Å²) in [6, 6.07) is 22.7. The number of carboxylic acid groups (broad SMARTS) is 1. The van der Waals surface area contributed by atoms with Gasteiger partial charge in [-0.2, -0.15) is 0 Å². The third-order valence-corrected chi connectivity index (χ3v) is 11.9. The summed E-state index contributed by atoms with van der Waals surface area (Å²) in [6.45, 7) is 2.50. The molecular formula is C38H44N2O6S. The Morgan fingerprint density at radius 2 is 1.47 bits per heavy atom. The molecule has 47 heavy (non-hydrogen) atoms. The Balaban J connectivity index is 1.02. The van der Waals surface area contributed by atoms with E-state index in [-0.39, 0.29) is 41.9 Å². The zero-order chi connectivity index (χ0) is 32.5. The van der Waals surface area contributed by atoms with Crippen molar-refractivity contribution in [2.45, 2.75) is 87.5 Å². The fourth-order valence-corrected chi connectivity index (χ4v) is 9.99. The number of aromatic carboxylic acids is 1. The molecule has 9 heteroatoms. The molecular weight excluding hydrogens is 612 g/mol. The molecule has 0 radical (unpaired) electrons. The predicted molar refractivity (Wildman–Crippen MR) is 180 cm³/mol. The van der Waals surface area contributed by atoms with Crippen molar-refractivity contribution in [1.29, 1.82) is 0 Å². The number of thioether (sulfide) groups is 1. The zero-order valence-corrected chi connectivity index (χ0v) is 27.6. The lowest BCUT2D eigenvalue weighted by Gasteiger charge is -2.56. The number of carbonyl (C=O) groups is 2. The minimum Gasteiger partial charge on any atom is -0.478 e. The number of carbonyl (C=O) groups excluding carboxylic acids is 1. The van der Waals surface area contributed by atoms with Crippen LogP contribution in [0.2, 0.25) is 0 Å². The van der Waals surface area contributed by atoms with Crippen LogP contribution in [0.3, 0.4) is 0 Å². The average molecular weight is 657 g/mol. The Morgan fingerprint density at radius 3 is 2.11 bits per heavy atom. The molecule has 4 N–H and O–H groups in total. The van der Waals surface area contributed by atoms with Crippen LogP contribution < -0.4 is 10.6 Å². The van der Waals surface area contributed by atoms with Gasteiger partial charge in [-0.1, -0.05) is 67.6 Å². The Morgan fingerprint density at radius 1 is 0.851 bits per heavy atom. The van der Waals surface area contributed by atoms with Gasteiger partial charge in [-0.3, -0.25) is 0 Å². The standard InChI is InChI=1S/C38H44N2O6S/c1-23-32(22-47-33-5-3-2-4-31(33)35(42)43)45-36(46-34(23)29-10-8-25(21-41)9-11-29)30-12-6-24(7-13-30)20-39-37(44)40-38-17-26-14-27(18-38)16-28(15-26)19-38/h2-13,23,26-28,32,34,36,41H,14-22H2,1H3,(H,42,43)(H2,39,40,44)/t23-,26?,27?,28?,32+,34+,36+,38?/m0/s1. The van der Waals surface area contributed by atoms with Crippen LogP contribution in [0.25, 0.3) is 0 Å². The number of ether oxygens (including phenoxy) is 2. The van der Waals surface area contributed by atoms with Crippen LogP contribution in [0.15, 0.2) is 77.7 Å². The van der Waals surface area contributed by atoms with E-state index >= 15 is 0 Å². The van der Waals surface area contributed by atoms with Crippen molar-refractivity contribution < 1.29 is 29.3 Å². The van der Waals surface area contributed by atoms with E-state index in [1.54, 1.807) is 12.1 Å². The highest BCUT2D eigenvalue weighted by Gasteiger charge is 2.51. The van der Waals surface area contributed by atoms with Crippen LogP contribution >= 0.6 is 11.8 Å². The molecule has 4 bridgehead atoms. The number of urea groups is 1. The number of nitrogens with one attached hydrogen (secondary N) is 2.